The zero-order valence-electron chi connectivity index (χ0n) is 16.0. The van der Waals surface area contributed by atoms with Crippen LogP contribution in [0.5, 0.6) is 0 Å². The highest BCUT2D eigenvalue weighted by atomic mass is 16.5. The van der Waals surface area contributed by atoms with Crippen molar-refractivity contribution in [1.29, 1.82) is 0 Å². The van der Waals surface area contributed by atoms with E-state index in [1.807, 2.05) is 37.3 Å². The molecule has 1 atom stereocenters. The van der Waals surface area contributed by atoms with E-state index in [0.29, 0.717) is 25.8 Å². The predicted octanol–water partition coefficient (Wildman–Crippen LogP) is 2.48. The Morgan fingerprint density at radius 1 is 1.11 bits per heavy atom. The summed E-state index contributed by atoms with van der Waals surface area (Å²) in [5.41, 5.74) is 2.50. The lowest BCUT2D eigenvalue weighted by Crippen LogP contribution is -2.36. The van der Waals surface area contributed by atoms with Gasteiger partial charge in [0, 0.05) is 42.8 Å². The third-order valence-electron chi connectivity index (χ3n) is 4.81. The van der Waals surface area contributed by atoms with Crippen molar-refractivity contribution in [3.8, 4) is 0 Å². The van der Waals surface area contributed by atoms with Crippen molar-refractivity contribution in [2.24, 2.45) is 0 Å². The maximum absolute atomic E-state index is 12.1. The number of morpholine rings is 1. The molecule has 0 unspecified atom stereocenters. The molecule has 0 bridgehead atoms. The third-order valence-corrected chi connectivity index (χ3v) is 4.81. The van der Waals surface area contributed by atoms with Gasteiger partial charge in [-0.3, -0.25) is 4.79 Å². The Morgan fingerprint density at radius 3 is 2.57 bits per heavy atom. The number of hydrogen-bond acceptors (Lipinski definition) is 7. The van der Waals surface area contributed by atoms with Gasteiger partial charge in [0.2, 0.25) is 5.95 Å². The van der Waals surface area contributed by atoms with E-state index in [1.54, 1.807) is 0 Å². The van der Waals surface area contributed by atoms with E-state index in [0.717, 1.165) is 48.8 Å². The Hall–Kier alpha value is -2.71. The second-order valence-corrected chi connectivity index (χ2v) is 6.98. The highest BCUT2D eigenvalue weighted by molar-refractivity contribution is 5.94. The average molecular weight is 383 g/mol. The number of aryl methyl sites for hydroxylation is 1. The van der Waals surface area contributed by atoms with Crippen molar-refractivity contribution < 1.29 is 14.3 Å². The van der Waals surface area contributed by atoms with E-state index in [-0.39, 0.29) is 12.0 Å². The van der Waals surface area contributed by atoms with Gasteiger partial charge in [-0.25, -0.2) is 4.98 Å². The number of benzene rings is 1. The molecule has 2 aromatic rings. The van der Waals surface area contributed by atoms with Crippen molar-refractivity contribution in [1.82, 2.24) is 9.97 Å². The molecule has 2 saturated heterocycles. The molecule has 28 heavy (non-hydrogen) atoms. The van der Waals surface area contributed by atoms with Gasteiger partial charge >= 0.3 is 0 Å². The van der Waals surface area contributed by atoms with Crippen LogP contribution >= 0.6 is 0 Å². The minimum absolute atomic E-state index is 0.0876. The Kier molecular flexibility index (Phi) is 5.68. The molecule has 2 fully saturated rings. The van der Waals surface area contributed by atoms with Crippen LogP contribution < -0.4 is 15.5 Å². The second kappa shape index (κ2) is 8.53. The van der Waals surface area contributed by atoms with Crippen LogP contribution in [0.4, 0.5) is 23.1 Å². The standard InChI is InChI=1S/C20H25N5O3/c1-14-13-18(25-8-11-27-12-9-25)24-20(21-14)23-16-6-4-15(5-7-16)22-19(26)17-3-2-10-28-17/h4-7,13,17H,2-3,8-12H2,1H3,(H,22,26)(H,21,23,24)/t17-/m0/s1. The fraction of sp³-hybridized carbons (Fsp3) is 0.450. The van der Waals surface area contributed by atoms with E-state index in [4.69, 9.17) is 9.47 Å². The molecular weight excluding hydrogens is 358 g/mol. The van der Waals surface area contributed by atoms with Gasteiger partial charge in [-0.1, -0.05) is 0 Å². The Balaban J connectivity index is 1.41. The maximum Gasteiger partial charge on any atom is 0.253 e. The lowest BCUT2D eigenvalue weighted by Gasteiger charge is -2.28. The number of nitrogens with one attached hydrogen (secondary N) is 2. The molecule has 8 nitrogen and oxygen atoms in total. The molecule has 2 aliphatic rings. The summed E-state index contributed by atoms with van der Waals surface area (Å²) in [7, 11) is 0. The maximum atomic E-state index is 12.1. The van der Waals surface area contributed by atoms with Crippen molar-refractivity contribution in [3.63, 3.8) is 0 Å². The number of hydrogen-bond donors (Lipinski definition) is 2. The molecule has 8 heteroatoms. The fourth-order valence-corrected chi connectivity index (χ4v) is 3.34. The zero-order valence-corrected chi connectivity index (χ0v) is 16.0. The van der Waals surface area contributed by atoms with Crippen LogP contribution in [0.3, 0.4) is 0 Å². The lowest BCUT2D eigenvalue weighted by atomic mass is 10.2. The summed E-state index contributed by atoms with van der Waals surface area (Å²) in [5.74, 6) is 1.37. The van der Waals surface area contributed by atoms with Gasteiger partial charge < -0.3 is 25.0 Å². The number of nitrogens with zero attached hydrogens (tertiary/aromatic N) is 3. The van der Waals surface area contributed by atoms with Gasteiger partial charge in [0.15, 0.2) is 0 Å². The first-order chi connectivity index (χ1) is 13.7. The van der Waals surface area contributed by atoms with Gasteiger partial charge in [-0.2, -0.15) is 4.98 Å². The van der Waals surface area contributed by atoms with Crippen LogP contribution in [-0.2, 0) is 14.3 Å². The molecule has 1 aromatic heterocycles. The number of ether oxygens (including phenoxy) is 2. The van der Waals surface area contributed by atoms with Gasteiger partial charge in [-0.05, 0) is 44.0 Å². The van der Waals surface area contributed by atoms with Gasteiger partial charge in [0.1, 0.15) is 11.9 Å². The van der Waals surface area contributed by atoms with E-state index in [2.05, 4.69) is 25.5 Å². The minimum Gasteiger partial charge on any atom is -0.378 e. The molecule has 0 radical (unpaired) electrons. The van der Waals surface area contributed by atoms with E-state index < -0.39 is 0 Å². The molecule has 0 spiro atoms. The molecule has 0 aliphatic carbocycles. The molecule has 2 N–H and O–H groups in total. The summed E-state index contributed by atoms with van der Waals surface area (Å²) in [6.45, 7) is 5.70. The molecule has 4 rings (SSSR count). The van der Waals surface area contributed by atoms with Crippen LogP contribution in [0.25, 0.3) is 0 Å². The number of aromatic nitrogens is 2. The molecule has 1 aromatic carbocycles. The van der Waals surface area contributed by atoms with Crippen LogP contribution in [0, 0.1) is 6.92 Å². The van der Waals surface area contributed by atoms with Crippen LogP contribution in [-0.4, -0.2) is 54.9 Å². The van der Waals surface area contributed by atoms with Gasteiger partial charge in [-0.15, -0.1) is 0 Å². The van der Waals surface area contributed by atoms with Gasteiger partial charge in [0.25, 0.3) is 5.91 Å². The summed E-state index contributed by atoms with van der Waals surface area (Å²) >= 11 is 0. The fourth-order valence-electron chi connectivity index (χ4n) is 3.34. The smallest absolute Gasteiger partial charge is 0.253 e. The quantitative estimate of drug-likeness (QED) is 0.820. The number of rotatable bonds is 5. The first-order valence-electron chi connectivity index (χ1n) is 9.65. The monoisotopic (exact) mass is 383 g/mol. The number of carbonyl (C=O) groups excluding carboxylic acids is 1. The first-order valence-corrected chi connectivity index (χ1v) is 9.65. The molecule has 2 aliphatic heterocycles. The number of anilines is 4. The highest BCUT2D eigenvalue weighted by Gasteiger charge is 2.23. The molecule has 148 valence electrons. The third kappa shape index (κ3) is 4.58. The molecule has 1 amide bonds. The summed E-state index contributed by atoms with van der Waals surface area (Å²) in [6, 6.07) is 9.48. The average Bonchev–Trinajstić information content (AvgIpc) is 3.25. The van der Waals surface area contributed by atoms with Crippen LogP contribution in [0.1, 0.15) is 18.5 Å². The van der Waals surface area contributed by atoms with E-state index >= 15 is 0 Å². The Morgan fingerprint density at radius 2 is 1.86 bits per heavy atom. The highest BCUT2D eigenvalue weighted by Crippen LogP contribution is 2.21. The summed E-state index contributed by atoms with van der Waals surface area (Å²) in [6.07, 6.45) is 1.38. The normalized spacial score (nSPS) is 19.5. The van der Waals surface area contributed by atoms with Crippen LogP contribution in [0.2, 0.25) is 0 Å². The van der Waals surface area contributed by atoms with E-state index in [1.165, 1.54) is 0 Å². The number of carbonyl (C=O) groups is 1. The minimum atomic E-state index is -0.336. The summed E-state index contributed by atoms with van der Waals surface area (Å²) < 4.78 is 10.8. The molecule has 3 heterocycles. The van der Waals surface area contributed by atoms with Gasteiger partial charge in [0.05, 0.1) is 13.2 Å². The number of amides is 1. The first kappa shape index (κ1) is 18.6. The topological polar surface area (TPSA) is 88.6 Å². The Bertz CT molecular complexity index is 815. The van der Waals surface area contributed by atoms with E-state index in [9.17, 15) is 4.79 Å². The zero-order chi connectivity index (χ0) is 19.3. The molecule has 0 saturated carbocycles. The predicted molar refractivity (Wildman–Crippen MR) is 107 cm³/mol. The summed E-state index contributed by atoms with van der Waals surface area (Å²) in [4.78, 5) is 23.5. The van der Waals surface area contributed by atoms with Crippen molar-refractivity contribution in [3.05, 3.63) is 36.0 Å². The lowest BCUT2D eigenvalue weighted by molar-refractivity contribution is -0.124. The van der Waals surface area contributed by atoms with Crippen molar-refractivity contribution >= 4 is 29.0 Å². The largest absolute Gasteiger partial charge is 0.378 e. The van der Waals surface area contributed by atoms with Crippen molar-refractivity contribution in [2.45, 2.75) is 25.9 Å². The summed E-state index contributed by atoms with van der Waals surface area (Å²) in [5, 5.41) is 6.14. The molecular formula is C20H25N5O3. The van der Waals surface area contributed by atoms with Crippen molar-refractivity contribution in [2.75, 3.05) is 48.4 Å². The SMILES string of the molecule is Cc1cc(N2CCOCC2)nc(Nc2ccc(NC(=O)[C@@H]3CCCO3)cc2)n1. The second-order valence-electron chi connectivity index (χ2n) is 6.98. The van der Waals surface area contributed by atoms with Crippen LogP contribution in [0.15, 0.2) is 30.3 Å². The Labute approximate surface area is 164 Å².